The maximum atomic E-state index is 10.1. The minimum Gasteiger partial charge on any atom is -0.378 e. The number of rotatable bonds is 0. The van der Waals surface area contributed by atoms with Gasteiger partial charge in [-0.1, -0.05) is 29.9 Å². The average molecular weight is 210 g/mol. The van der Waals surface area contributed by atoms with Crippen molar-refractivity contribution in [1.29, 1.82) is 0 Å². The summed E-state index contributed by atoms with van der Waals surface area (Å²) in [5.74, 6) is 8.56. The van der Waals surface area contributed by atoms with Crippen LogP contribution in [0.5, 0.6) is 0 Å². The summed E-state index contributed by atoms with van der Waals surface area (Å²) in [5, 5.41) is 10.1. The topological polar surface area (TPSA) is 20.2 Å². The molecule has 0 unspecified atom stereocenters. The highest BCUT2D eigenvalue weighted by molar-refractivity contribution is 5.49. The molecule has 1 nitrogen and oxygen atoms in total. The van der Waals surface area contributed by atoms with E-state index in [1.807, 2.05) is 24.3 Å². The minimum absolute atomic E-state index is 0.776. The average Bonchev–Trinajstić information content (AvgIpc) is 2.74. The summed E-state index contributed by atoms with van der Waals surface area (Å²) in [7, 11) is 0. The van der Waals surface area contributed by atoms with Gasteiger partial charge in [-0.05, 0) is 37.8 Å². The summed E-state index contributed by atoms with van der Waals surface area (Å²) in [6.07, 6.45) is 9.05. The zero-order valence-electron chi connectivity index (χ0n) is 9.16. The predicted octanol–water partition coefficient (Wildman–Crippen LogP) is 2.32. The molecule has 1 aromatic rings. The van der Waals surface area contributed by atoms with Gasteiger partial charge in [-0.3, -0.25) is 0 Å². The molecule has 1 saturated carbocycles. The molecule has 0 heterocycles. The molecule has 2 rings (SSSR count). The largest absolute Gasteiger partial charge is 0.378 e. The van der Waals surface area contributed by atoms with Crippen LogP contribution in [0.4, 0.5) is 0 Å². The second-order valence-corrected chi connectivity index (χ2v) is 4.18. The quantitative estimate of drug-likeness (QED) is 0.652. The molecule has 0 aromatic heterocycles. The van der Waals surface area contributed by atoms with Gasteiger partial charge in [0.15, 0.2) is 0 Å². The van der Waals surface area contributed by atoms with Crippen molar-refractivity contribution in [3.8, 4) is 24.2 Å². The fourth-order valence-corrected chi connectivity index (χ4v) is 1.99. The Morgan fingerprint density at radius 3 is 2.38 bits per heavy atom. The van der Waals surface area contributed by atoms with Crippen LogP contribution in [0.3, 0.4) is 0 Å². The van der Waals surface area contributed by atoms with Crippen LogP contribution in [-0.4, -0.2) is 10.7 Å². The molecule has 0 amide bonds. The number of terminal acetylenes is 1. The van der Waals surface area contributed by atoms with E-state index >= 15 is 0 Å². The fraction of sp³-hybridized carbons (Fsp3) is 0.333. The third kappa shape index (κ3) is 2.27. The molecular formula is C15H14O. The van der Waals surface area contributed by atoms with Crippen LogP contribution < -0.4 is 0 Å². The summed E-state index contributed by atoms with van der Waals surface area (Å²) in [6, 6.07) is 7.55. The molecule has 0 atom stereocenters. The smallest absolute Gasteiger partial charge is 0.125 e. The van der Waals surface area contributed by atoms with Crippen LogP contribution in [0.25, 0.3) is 0 Å². The maximum Gasteiger partial charge on any atom is 0.125 e. The molecule has 0 bridgehead atoms. The number of aliphatic hydroxyl groups is 1. The first kappa shape index (κ1) is 10.8. The highest BCUT2D eigenvalue weighted by Crippen LogP contribution is 2.28. The first-order valence-corrected chi connectivity index (χ1v) is 5.55. The second-order valence-electron chi connectivity index (χ2n) is 4.18. The Balaban J connectivity index is 2.27. The summed E-state index contributed by atoms with van der Waals surface area (Å²) >= 11 is 0. The van der Waals surface area contributed by atoms with Gasteiger partial charge in [0, 0.05) is 11.1 Å². The lowest BCUT2D eigenvalue weighted by atomic mass is 10.0. The van der Waals surface area contributed by atoms with Crippen molar-refractivity contribution < 1.29 is 5.11 Å². The van der Waals surface area contributed by atoms with Gasteiger partial charge in [0.25, 0.3) is 0 Å². The highest BCUT2D eigenvalue weighted by atomic mass is 16.3. The number of benzene rings is 1. The normalized spacial score (nSPS) is 17.2. The van der Waals surface area contributed by atoms with E-state index in [-0.39, 0.29) is 0 Å². The zero-order chi connectivity index (χ0) is 11.4. The Morgan fingerprint density at radius 2 is 1.75 bits per heavy atom. The van der Waals surface area contributed by atoms with Gasteiger partial charge in [-0.2, -0.15) is 0 Å². The molecule has 80 valence electrons. The molecule has 1 fully saturated rings. The van der Waals surface area contributed by atoms with Gasteiger partial charge in [-0.15, -0.1) is 6.42 Å². The monoisotopic (exact) mass is 210 g/mol. The van der Waals surface area contributed by atoms with Crippen LogP contribution in [0, 0.1) is 24.2 Å². The standard InChI is InChI=1S/C15H14O/c1-2-13-7-3-4-8-14(13)9-12-15(16)10-5-6-11-15/h1,3-4,7-8,16H,5-6,10-11H2. The van der Waals surface area contributed by atoms with Crippen LogP contribution in [0.1, 0.15) is 36.8 Å². The lowest BCUT2D eigenvalue weighted by molar-refractivity contribution is 0.110. The first-order valence-electron chi connectivity index (χ1n) is 5.55. The molecule has 1 aliphatic carbocycles. The van der Waals surface area contributed by atoms with Crippen LogP contribution >= 0.6 is 0 Å². The van der Waals surface area contributed by atoms with Crippen molar-refractivity contribution in [3.05, 3.63) is 35.4 Å². The fourth-order valence-electron chi connectivity index (χ4n) is 1.99. The van der Waals surface area contributed by atoms with Crippen molar-refractivity contribution in [3.63, 3.8) is 0 Å². The Kier molecular flexibility index (Phi) is 3.00. The van der Waals surface area contributed by atoms with Gasteiger partial charge >= 0.3 is 0 Å². The van der Waals surface area contributed by atoms with Crippen molar-refractivity contribution in [2.45, 2.75) is 31.3 Å². The van der Waals surface area contributed by atoms with E-state index in [9.17, 15) is 5.11 Å². The summed E-state index contributed by atoms with van der Waals surface area (Å²) in [4.78, 5) is 0. The SMILES string of the molecule is C#Cc1ccccc1C#CC1(O)CCCC1. The van der Waals surface area contributed by atoms with E-state index in [0.717, 1.165) is 36.8 Å². The lowest BCUT2D eigenvalue weighted by Gasteiger charge is -2.12. The van der Waals surface area contributed by atoms with E-state index in [0.29, 0.717) is 0 Å². The molecule has 0 aliphatic heterocycles. The van der Waals surface area contributed by atoms with Crippen LogP contribution in [-0.2, 0) is 0 Å². The van der Waals surface area contributed by atoms with Crippen LogP contribution in [0.2, 0.25) is 0 Å². The number of hydrogen-bond donors (Lipinski definition) is 1. The third-order valence-electron chi connectivity index (χ3n) is 2.94. The molecule has 1 aliphatic rings. The molecule has 1 aromatic carbocycles. The molecule has 1 N–H and O–H groups in total. The molecule has 0 saturated heterocycles. The lowest BCUT2D eigenvalue weighted by Crippen LogP contribution is -2.20. The summed E-state index contributed by atoms with van der Waals surface area (Å²) in [5.41, 5.74) is 0.823. The van der Waals surface area contributed by atoms with E-state index in [1.165, 1.54) is 0 Å². The Bertz CT molecular complexity index is 476. The Morgan fingerprint density at radius 1 is 1.12 bits per heavy atom. The van der Waals surface area contributed by atoms with Gasteiger partial charge < -0.3 is 5.11 Å². The Hall–Kier alpha value is -1.70. The summed E-state index contributed by atoms with van der Waals surface area (Å²) < 4.78 is 0. The molecular weight excluding hydrogens is 196 g/mol. The van der Waals surface area contributed by atoms with Crippen molar-refractivity contribution in [2.75, 3.05) is 0 Å². The minimum atomic E-state index is -0.790. The van der Waals surface area contributed by atoms with E-state index < -0.39 is 5.60 Å². The van der Waals surface area contributed by atoms with Crippen molar-refractivity contribution in [2.24, 2.45) is 0 Å². The second kappa shape index (κ2) is 4.44. The molecule has 0 spiro atoms. The zero-order valence-corrected chi connectivity index (χ0v) is 9.16. The summed E-state index contributed by atoms with van der Waals surface area (Å²) in [6.45, 7) is 0. The van der Waals surface area contributed by atoms with Crippen molar-refractivity contribution in [1.82, 2.24) is 0 Å². The highest BCUT2D eigenvalue weighted by Gasteiger charge is 2.28. The molecule has 1 heteroatoms. The van der Waals surface area contributed by atoms with E-state index in [4.69, 9.17) is 6.42 Å². The van der Waals surface area contributed by atoms with Gasteiger partial charge in [0.05, 0.1) is 0 Å². The van der Waals surface area contributed by atoms with Crippen molar-refractivity contribution >= 4 is 0 Å². The third-order valence-corrected chi connectivity index (χ3v) is 2.94. The maximum absolute atomic E-state index is 10.1. The van der Waals surface area contributed by atoms with Gasteiger partial charge in [0.1, 0.15) is 5.60 Å². The Labute approximate surface area is 96.5 Å². The number of hydrogen-bond acceptors (Lipinski definition) is 1. The molecule has 0 radical (unpaired) electrons. The first-order chi connectivity index (χ1) is 7.73. The predicted molar refractivity (Wildman–Crippen MR) is 64.7 cm³/mol. The van der Waals surface area contributed by atoms with Crippen LogP contribution in [0.15, 0.2) is 24.3 Å². The van der Waals surface area contributed by atoms with Gasteiger partial charge in [0.2, 0.25) is 0 Å². The molecule has 16 heavy (non-hydrogen) atoms. The van der Waals surface area contributed by atoms with Gasteiger partial charge in [-0.25, -0.2) is 0 Å². The van der Waals surface area contributed by atoms with E-state index in [1.54, 1.807) is 0 Å². The van der Waals surface area contributed by atoms with E-state index in [2.05, 4.69) is 17.8 Å².